The van der Waals surface area contributed by atoms with E-state index in [1.807, 2.05) is 0 Å². The lowest BCUT2D eigenvalue weighted by Crippen LogP contribution is -2.33. The summed E-state index contributed by atoms with van der Waals surface area (Å²) in [4.78, 5) is 24.5. The minimum Gasteiger partial charge on any atom is -0.497 e. The van der Waals surface area contributed by atoms with Crippen molar-refractivity contribution in [1.82, 2.24) is 5.32 Å². The van der Waals surface area contributed by atoms with Gasteiger partial charge in [-0.3, -0.25) is 9.59 Å². The number of amides is 2. The van der Waals surface area contributed by atoms with E-state index in [9.17, 15) is 9.59 Å². The van der Waals surface area contributed by atoms with Crippen LogP contribution in [0.1, 0.15) is 19.3 Å². The molecule has 1 heterocycles. The number of rotatable bonds is 7. The van der Waals surface area contributed by atoms with Crippen molar-refractivity contribution in [3.05, 3.63) is 18.2 Å². The van der Waals surface area contributed by atoms with Gasteiger partial charge in [0.05, 0.1) is 37.8 Å². The van der Waals surface area contributed by atoms with E-state index in [4.69, 9.17) is 14.2 Å². The number of hydrogen-bond acceptors (Lipinski definition) is 5. The van der Waals surface area contributed by atoms with Crippen molar-refractivity contribution in [3.8, 4) is 11.5 Å². The molecule has 7 heteroatoms. The summed E-state index contributed by atoms with van der Waals surface area (Å²) in [5.74, 6) is 0.375. The molecule has 2 fully saturated rings. The van der Waals surface area contributed by atoms with Crippen LogP contribution in [0.4, 0.5) is 5.69 Å². The summed E-state index contributed by atoms with van der Waals surface area (Å²) in [5, 5.41) is 5.72. The quantitative estimate of drug-likeness (QED) is 0.781. The highest BCUT2D eigenvalue weighted by atomic mass is 16.5. The van der Waals surface area contributed by atoms with E-state index < -0.39 is 0 Å². The molecule has 2 aliphatic rings. The van der Waals surface area contributed by atoms with Crippen molar-refractivity contribution in [2.24, 2.45) is 11.8 Å². The molecule has 2 amide bonds. The minimum absolute atomic E-state index is 0.0719. The maximum absolute atomic E-state index is 12.4. The molecule has 0 bridgehead atoms. The van der Waals surface area contributed by atoms with Gasteiger partial charge in [0.25, 0.3) is 0 Å². The fourth-order valence-electron chi connectivity index (χ4n) is 3.05. The van der Waals surface area contributed by atoms with E-state index in [0.29, 0.717) is 30.2 Å². The summed E-state index contributed by atoms with van der Waals surface area (Å²) in [6.45, 7) is 1.29. The van der Waals surface area contributed by atoms with Gasteiger partial charge in [0.15, 0.2) is 0 Å². The Morgan fingerprint density at radius 1 is 1.20 bits per heavy atom. The normalized spacial score (nSPS) is 24.5. The molecular weight excluding hydrogens is 324 g/mol. The van der Waals surface area contributed by atoms with E-state index in [-0.39, 0.29) is 29.8 Å². The largest absolute Gasteiger partial charge is 0.497 e. The van der Waals surface area contributed by atoms with Crippen LogP contribution in [0.3, 0.4) is 0 Å². The number of methoxy groups -OCH3 is 2. The second-order valence-electron chi connectivity index (χ2n) is 6.38. The Labute approximate surface area is 147 Å². The lowest BCUT2D eigenvalue weighted by atomic mass is 10.2. The van der Waals surface area contributed by atoms with Crippen LogP contribution in [-0.2, 0) is 14.3 Å². The predicted molar refractivity (Wildman–Crippen MR) is 91.8 cm³/mol. The van der Waals surface area contributed by atoms with E-state index >= 15 is 0 Å². The monoisotopic (exact) mass is 348 g/mol. The third-order valence-electron chi connectivity index (χ3n) is 4.66. The van der Waals surface area contributed by atoms with Gasteiger partial charge in [0.1, 0.15) is 11.5 Å². The molecule has 2 N–H and O–H groups in total. The molecule has 3 unspecified atom stereocenters. The second kappa shape index (κ2) is 7.74. The summed E-state index contributed by atoms with van der Waals surface area (Å²) < 4.78 is 15.9. The molecule has 1 saturated carbocycles. The molecule has 1 aromatic rings. The smallest absolute Gasteiger partial charge is 0.228 e. The van der Waals surface area contributed by atoms with Crippen LogP contribution in [0.5, 0.6) is 11.5 Å². The SMILES string of the molecule is COc1ccc(NC(=O)C2CC2C(=O)NCC2CCCO2)c(OC)c1. The van der Waals surface area contributed by atoms with E-state index in [1.54, 1.807) is 25.3 Å². The Morgan fingerprint density at radius 2 is 2.00 bits per heavy atom. The van der Waals surface area contributed by atoms with Crippen molar-refractivity contribution in [2.75, 3.05) is 32.7 Å². The molecule has 0 spiro atoms. The molecule has 0 radical (unpaired) electrons. The summed E-state index contributed by atoms with van der Waals surface area (Å²) >= 11 is 0. The maximum Gasteiger partial charge on any atom is 0.228 e. The number of hydrogen-bond donors (Lipinski definition) is 2. The second-order valence-corrected chi connectivity index (χ2v) is 6.38. The fourth-order valence-corrected chi connectivity index (χ4v) is 3.05. The van der Waals surface area contributed by atoms with Gasteiger partial charge in [0.2, 0.25) is 11.8 Å². The number of nitrogens with one attached hydrogen (secondary N) is 2. The first-order valence-corrected chi connectivity index (χ1v) is 8.54. The number of carbonyl (C=O) groups excluding carboxylic acids is 2. The third-order valence-corrected chi connectivity index (χ3v) is 4.66. The van der Waals surface area contributed by atoms with Gasteiger partial charge >= 0.3 is 0 Å². The number of benzene rings is 1. The Kier molecular flexibility index (Phi) is 5.43. The van der Waals surface area contributed by atoms with Crippen LogP contribution in [0.2, 0.25) is 0 Å². The molecule has 136 valence electrons. The first-order valence-electron chi connectivity index (χ1n) is 8.54. The standard InChI is InChI=1S/C18H24N2O5/c1-23-11-5-6-15(16(8-11)24-2)20-18(22)14-9-13(14)17(21)19-10-12-4-3-7-25-12/h5-6,8,12-14H,3-4,7,9-10H2,1-2H3,(H,19,21)(H,20,22). The van der Waals surface area contributed by atoms with Gasteiger partial charge < -0.3 is 24.8 Å². The molecule has 25 heavy (non-hydrogen) atoms. The molecule has 1 saturated heterocycles. The van der Waals surface area contributed by atoms with Gasteiger partial charge in [-0.1, -0.05) is 0 Å². The van der Waals surface area contributed by atoms with Crippen LogP contribution in [-0.4, -0.2) is 45.3 Å². The Bertz CT molecular complexity index is 642. The molecule has 1 aromatic carbocycles. The summed E-state index contributed by atoms with van der Waals surface area (Å²) in [6, 6.07) is 5.18. The summed E-state index contributed by atoms with van der Waals surface area (Å²) in [5.41, 5.74) is 0.568. The van der Waals surface area contributed by atoms with Crippen LogP contribution in [0.25, 0.3) is 0 Å². The van der Waals surface area contributed by atoms with Crippen molar-refractivity contribution in [3.63, 3.8) is 0 Å². The summed E-state index contributed by atoms with van der Waals surface area (Å²) in [7, 11) is 3.10. The number of ether oxygens (including phenoxy) is 3. The first-order chi connectivity index (χ1) is 12.1. The van der Waals surface area contributed by atoms with Gasteiger partial charge in [-0.15, -0.1) is 0 Å². The molecule has 3 rings (SSSR count). The zero-order chi connectivity index (χ0) is 17.8. The zero-order valence-electron chi connectivity index (χ0n) is 14.5. The topological polar surface area (TPSA) is 85.9 Å². The average molecular weight is 348 g/mol. The van der Waals surface area contributed by atoms with Crippen molar-refractivity contribution in [2.45, 2.75) is 25.4 Å². The van der Waals surface area contributed by atoms with E-state index in [1.165, 1.54) is 7.11 Å². The lowest BCUT2D eigenvalue weighted by Gasteiger charge is -2.12. The van der Waals surface area contributed by atoms with Gasteiger partial charge in [-0.25, -0.2) is 0 Å². The van der Waals surface area contributed by atoms with E-state index in [0.717, 1.165) is 19.4 Å². The molecule has 1 aliphatic carbocycles. The predicted octanol–water partition coefficient (Wildman–Crippen LogP) is 1.57. The fraction of sp³-hybridized carbons (Fsp3) is 0.556. The van der Waals surface area contributed by atoms with Gasteiger partial charge in [-0.05, 0) is 31.4 Å². The Hall–Kier alpha value is -2.28. The van der Waals surface area contributed by atoms with Gasteiger partial charge in [0, 0.05) is 19.2 Å². The maximum atomic E-state index is 12.4. The van der Waals surface area contributed by atoms with Crippen molar-refractivity contribution >= 4 is 17.5 Å². The van der Waals surface area contributed by atoms with Crippen molar-refractivity contribution < 1.29 is 23.8 Å². The highest BCUT2D eigenvalue weighted by Crippen LogP contribution is 2.40. The highest BCUT2D eigenvalue weighted by Gasteiger charge is 2.48. The number of anilines is 1. The molecule has 1 aliphatic heterocycles. The van der Waals surface area contributed by atoms with Crippen LogP contribution < -0.4 is 20.1 Å². The third kappa shape index (κ3) is 4.22. The van der Waals surface area contributed by atoms with Crippen LogP contribution in [0, 0.1) is 11.8 Å². The Morgan fingerprint density at radius 3 is 2.68 bits per heavy atom. The van der Waals surface area contributed by atoms with E-state index in [2.05, 4.69) is 10.6 Å². The average Bonchev–Trinajstić information content (AvgIpc) is 3.27. The van der Waals surface area contributed by atoms with Crippen molar-refractivity contribution in [1.29, 1.82) is 0 Å². The highest BCUT2D eigenvalue weighted by molar-refractivity contribution is 6.00. The van der Waals surface area contributed by atoms with Crippen LogP contribution >= 0.6 is 0 Å². The zero-order valence-corrected chi connectivity index (χ0v) is 14.5. The lowest BCUT2D eigenvalue weighted by molar-refractivity contribution is -0.125. The summed E-state index contributed by atoms with van der Waals surface area (Å²) in [6.07, 6.45) is 2.70. The Balaban J connectivity index is 1.50. The van der Waals surface area contributed by atoms with Gasteiger partial charge in [-0.2, -0.15) is 0 Å². The number of carbonyl (C=O) groups is 2. The first kappa shape index (κ1) is 17.5. The molecule has 0 aromatic heterocycles. The molecule has 7 nitrogen and oxygen atoms in total. The molecule has 3 atom stereocenters. The molecular formula is C18H24N2O5. The minimum atomic E-state index is -0.295. The van der Waals surface area contributed by atoms with Crippen LogP contribution in [0.15, 0.2) is 18.2 Å².